The maximum Gasteiger partial charge on any atom is 0.238 e. The first-order valence-corrected chi connectivity index (χ1v) is 7.15. The summed E-state index contributed by atoms with van der Waals surface area (Å²) in [6, 6.07) is 18.2. The second kappa shape index (κ2) is 7.11. The van der Waals surface area contributed by atoms with Gasteiger partial charge >= 0.3 is 0 Å². The van der Waals surface area contributed by atoms with Crippen LogP contribution in [0.4, 0.5) is 0 Å². The predicted molar refractivity (Wildman–Crippen MR) is 82.6 cm³/mol. The third-order valence-electron chi connectivity index (χ3n) is 3.18. The number of benzene rings is 2. The van der Waals surface area contributed by atoms with Crippen LogP contribution in [-0.2, 0) is 17.9 Å². The largest absolute Gasteiger partial charge is 0.333 e. The standard InChI is InChI=1S/C17H18ClNO/c1-14-7-9-16(10-8-14)13-19(17(20)11-18)12-15-5-3-2-4-6-15/h2-10H,11-13H2,1H3. The van der Waals surface area contributed by atoms with Gasteiger partial charge in [-0.1, -0.05) is 60.2 Å². The molecule has 0 radical (unpaired) electrons. The van der Waals surface area contributed by atoms with Gasteiger partial charge in [0.2, 0.25) is 5.91 Å². The van der Waals surface area contributed by atoms with E-state index >= 15 is 0 Å². The van der Waals surface area contributed by atoms with E-state index in [2.05, 4.69) is 31.2 Å². The van der Waals surface area contributed by atoms with Gasteiger partial charge < -0.3 is 4.90 Å². The number of hydrogen-bond donors (Lipinski definition) is 0. The number of aryl methyl sites for hydroxylation is 1. The van der Waals surface area contributed by atoms with E-state index in [-0.39, 0.29) is 11.8 Å². The smallest absolute Gasteiger partial charge is 0.238 e. The van der Waals surface area contributed by atoms with E-state index in [1.807, 2.05) is 30.3 Å². The zero-order valence-electron chi connectivity index (χ0n) is 11.6. The van der Waals surface area contributed by atoms with Crippen molar-refractivity contribution < 1.29 is 4.79 Å². The Balaban J connectivity index is 2.11. The van der Waals surface area contributed by atoms with Crippen molar-refractivity contribution in [3.05, 3.63) is 71.3 Å². The molecule has 0 N–H and O–H groups in total. The van der Waals surface area contributed by atoms with Crippen molar-refractivity contribution in [2.45, 2.75) is 20.0 Å². The Hall–Kier alpha value is -1.80. The molecule has 0 aliphatic rings. The van der Waals surface area contributed by atoms with Crippen LogP contribution in [0.25, 0.3) is 0 Å². The summed E-state index contributed by atoms with van der Waals surface area (Å²) >= 11 is 5.71. The number of carbonyl (C=O) groups is 1. The van der Waals surface area contributed by atoms with Crippen molar-refractivity contribution in [3.8, 4) is 0 Å². The molecule has 3 heteroatoms. The highest BCUT2D eigenvalue weighted by Gasteiger charge is 2.13. The zero-order chi connectivity index (χ0) is 14.4. The van der Waals surface area contributed by atoms with Gasteiger partial charge in [0, 0.05) is 13.1 Å². The molecule has 0 heterocycles. The Morgan fingerprint density at radius 3 is 2.05 bits per heavy atom. The molecule has 0 saturated heterocycles. The molecule has 20 heavy (non-hydrogen) atoms. The number of amides is 1. The summed E-state index contributed by atoms with van der Waals surface area (Å²) in [6.07, 6.45) is 0. The molecule has 2 rings (SSSR count). The van der Waals surface area contributed by atoms with Gasteiger partial charge in [-0.3, -0.25) is 4.79 Å². The average molecular weight is 288 g/mol. The van der Waals surface area contributed by atoms with Crippen molar-refractivity contribution in [3.63, 3.8) is 0 Å². The Morgan fingerprint density at radius 1 is 0.950 bits per heavy atom. The molecule has 0 aliphatic carbocycles. The van der Waals surface area contributed by atoms with Gasteiger partial charge in [-0.25, -0.2) is 0 Å². The van der Waals surface area contributed by atoms with E-state index < -0.39 is 0 Å². The number of rotatable bonds is 5. The van der Waals surface area contributed by atoms with E-state index in [0.717, 1.165) is 11.1 Å². The molecule has 0 spiro atoms. The van der Waals surface area contributed by atoms with Crippen molar-refractivity contribution in [1.82, 2.24) is 4.90 Å². The molecule has 2 nitrogen and oxygen atoms in total. The van der Waals surface area contributed by atoms with Gasteiger partial charge in [-0.2, -0.15) is 0 Å². The molecule has 104 valence electrons. The topological polar surface area (TPSA) is 20.3 Å². The zero-order valence-corrected chi connectivity index (χ0v) is 12.3. The number of hydrogen-bond acceptors (Lipinski definition) is 1. The first-order valence-electron chi connectivity index (χ1n) is 6.62. The first kappa shape index (κ1) is 14.6. The lowest BCUT2D eigenvalue weighted by atomic mass is 10.1. The monoisotopic (exact) mass is 287 g/mol. The van der Waals surface area contributed by atoms with Crippen LogP contribution in [0.2, 0.25) is 0 Å². The van der Waals surface area contributed by atoms with Gasteiger partial charge in [0.05, 0.1) is 0 Å². The fraction of sp³-hybridized carbons (Fsp3) is 0.235. The highest BCUT2D eigenvalue weighted by Crippen LogP contribution is 2.12. The van der Waals surface area contributed by atoms with Gasteiger partial charge in [-0.05, 0) is 18.1 Å². The molecule has 0 saturated carbocycles. The lowest BCUT2D eigenvalue weighted by molar-refractivity contribution is -0.129. The molecule has 2 aromatic rings. The quantitative estimate of drug-likeness (QED) is 0.767. The molecule has 2 aromatic carbocycles. The predicted octanol–water partition coefficient (Wildman–Crippen LogP) is 3.76. The lowest BCUT2D eigenvalue weighted by Crippen LogP contribution is -2.31. The maximum atomic E-state index is 12.0. The summed E-state index contributed by atoms with van der Waals surface area (Å²) in [5.74, 6) is -0.0327. The van der Waals surface area contributed by atoms with Crippen molar-refractivity contribution in [2.75, 3.05) is 5.88 Å². The average Bonchev–Trinajstić information content (AvgIpc) is 2.49. The normalized spacial score (nSPS) is 10.3. The first-order chi connectivity index (χ1) is 9.69. The van der Waals surface area contributed by atoms with Gasteiger partial charge in [0.15, 0.2) is 0 Å². The number of alkyl halides is 1. The van der Waals surface area contributed by atoms with E-state index in [0.29, 0.717) is 13.1 Å². The minimum atomic E-state index is -0.0453. The third-order valence-corrected chi connectivity index (χ3v) is 3.41. The van der Waals surface area contributed by atoms with Gasteiger partial charge in [-0.15, -0.1) is 11.6 Å². The van der Waals surface area contributed by atoms with Crippen LogP contribution in [0, 0.1) is 6.92 Å². The van der Waals surface area contributed by atoms with E-state index in [4.69, 9.17) is 11.6 Å². The molecule has 0 unspecified atom stereocenters. The summed E-state index contributed by atoms with van der Waals surface area (Å²) in [5, 5.41) is 0. The minimum absolute atomic E-state index is 0.0126. The number of carbonyl (C=O) groups excluding carboxylic acids is 1. The van der Waals surface area contributed by atoms with E-state index in [1.54, 1.807) is 4.90 Å². The Labute approximate surface area is 125 Å². The molecule has 0 atom stereocenters. The molecule has 1 amide bonds. The van der Waals surface area contributed by atoms with Crippen molar-refractivity contribution in [1.29, 1.82) is 0 Å². The molecular weight excluding hydrogens is 270 g/mol. The maximum absolute atomic E-state index is 12.0. The number of nitrogens with zero attached hydrogens (tertiary/aromatic N) is 1. The van der Waals surface area contributed by atoms with Crippen LogP contribution in [0.1, 0.15) is 16.7 Å². The lowest BCUT2D eigenvalue weighted by Gasteiger charge is -2.22. The van der Waals surface area contributed by atoms with Crippen molar-refractivity contribution in [2.24, 2.45) is 0 Å². The van der Waals surface area contributed by atoms with Crippen LogP contribution in [0.15, 0.2) is 54.6 Å². The minimum Gasteiger partial charge on any atom is -0.333 e. The van der Waals surface area contributed by atoms with Crippen molar-refractivity contribution >= 4 is 17.5 Å². The van der Waals surface area contributed by atoms with Crippen LogP contribution >= 0.6 is 11.6 Å². The second-order valence-electron chi connectivity index (χ2n) is 4.85. The summed E-state index contributed by atoms with van der Waals surface area (Å²) in [6.45, 7) is 3.22. The summed E-state index contributed by atoms with van der Waals surface area (Å²) in [5.41, 5.74) is 3.44. The van der Waals surface area contributed by atoms with E-state index in [9.17, 15) is 4.79 Å². The summed E-state index contributed by atoms with van der Waals surface area (Å²) < 4.78 is 0. The summed E-state index contributed by atoms with van der Waals surface area (Å²) in [4.78, 5) is 13.8. The fourth-order valence-electron chi connectivity index (χ4n) is 2.03. The highest BCUT2D eigenvalue weighted by molar-refractivity contribution is 6.27. The van der Waals surface area contributed by atoms with E-state index in [1.165, 1.54) is 5.56 Å². The molecule has 0 aromatic heterocycles. The number of halogens is 1. The highest BCUT2D eigenvalue weighted by atomic mass is 35.5. The Kier molecular flexibility index (Phi) is 5.19. The van der Waals surface area contributed by atoms with Gasteiger partial charge in [0.25, 0.3) is 0 Å². The molecule has 0 bridgehead atoms. The van der Waals surface area contributed by atoms with Crippen LogP contribution in [-0.4, -0.2) is 16.7 Å². The van der Waals surface area contributed by atoms with Crippen LogP contribution in [0.5, 0.6) is 0 Å². The fourth-order valence-corrected chi connectivity index (χ4v) is 2.20. The van der Waals surface area contributed by atoms with Gasteiger partial charge in [0.1, 0.15) is 5.88 Å². The Morgan fingerprint density at radius 2 is 1.50 bits per heavy atom. The third kappa shape index (κ3) is 4.10. The Bertz CT molecular complexity index is 551. The molecular formula is C17H18ClNO. The van der Waals surface area contributed by atoms with Crippen LogP contribution in [0.3, 0.4) is 0 Å². The molecule has 0 fully saturated rings. The summed E-state index contributed by atoms with van der Waals surface area (Å²) in [7, 11) is 0. The van der Waals surface area contributed by atoms with Crippen LogP contribution < -0.4 is 0 Å². The second-order valence-corrected chi connectivity index (χ2v) is 5.12. The molecule has 0 aliphatic heterocycles. The SMILES string of the molecule is Cc1ccc(CN(Cc2ccccc2)C(=O)CCl)cc1.